The predicted octanol–water partition coefficient (Wildman–Crippen LogP) is 2.81. The number of hydrogen-bond acceptors (Lipinski definition) is 3. The van der Waals surface area contributed by atoms with Gasteiger partial charge in [-0.1, -0.05) is 18.5 Å². The maximum absolute atomic E-state index is 11.7. The van der Waals surface area contributed by atoms with Gasteiger partial charge in [0.25, 0.3) is 5.56 Å². The van der Waals surface area contributed by atoms with Crippen LogP contribution in [0, 0.1) is 0 Å². The summed E-state index contributed by atoms with van der Waals surface area (Å²) in [5.41, 5.74) is 0.938. The normalized spacial score (nSPS) is 10.5. The van der Waals surface area contributed by atoms with Crippen LogP contribution in [-0.4, -0.2) is 15.0 Å². The number of nitrogens with one attached hydrogen (secondary N) is 1. The fraction of sp³-hybridized carbons (Fsp3) is 0.182. The fourth-order valence-electron chi connectivity index (χ4n) is 1.41. The Morgan fingerprint density at radius 2 is 2.29 bits per heavy atom. The van der Waals surface area contributed by atoms with E-state index in [-0.39, 0.29) is 5.56 Å². The van der Waals surface area contributed by atoms with Gasteiger partial charge in [0.1, 0.15) is 10.2 Å². The molecule has 88 valence electrons. The van der Waals surface area contributed by atoms with Crippen molar-refractivity contribution < 1.29 is 0 Å². The summed E-state index contributed by atoms with van der Waals surface area (Å²) in [6.07, 6.45) is 2.26. The highest BCUT2D eigenvalue weighted by molar-refractivity contribution is 9.10. The van der Waals surface area contributed by atoms with E-state index in [0.717, 1.165) is 0 Å². The van der Waals surface area contributed by atoms with Crippen LogP contribution in [0.2, 0.25) is 5.02 Å². The fourth-order valence-corrected chi connectivity index (χ4v) is 2.09. The van der Waals surface area contributed by atoms with Crippen LogP contribution in [0.5, 0.6) is 0 Å². The summed E-state index contributed by atoms with van der Waals surface area (Å²) in [5, 5.41) is 0.458. The number of aryl methyl sites for hydroxylation is 1. The van der Waals surface area contributed by atoms with Crippen LogP contribution >= 0.6 is 27.5 Å². The zero-order chi connectivity index (χ0) is 12.4. The Kier molecular flexibility index (Phi) is 3.59. The first-order valence-electron chi connectivity index (χ1n) is 5.03. The van der Waals surface area contributed by atoms with E-state index in [1.165, 1.54) is 0 Å². The molecule has 1 N–H and O–H groups in total. The maximum atomic E-state index is 11.7. The largest absolute Gasteiger partial charge is 0.304 e. The summed E-state index contributed by atoms with van der Waals surface area (Å²) < 4.78 is 0.454. The third-order valence-electron chi connectivity index (χ3n) is 2.25. The van der Waals surface area contributed by atoms with Crippen molar-refractivity contribution in [2.24, 2.45) is 0 Å². The summed E-state index contributed by atoms with van der Waals surface area (Å²) in [6.45, 7) is 1.93. The molecule has 2 aromatic heterocycles. The van der Waals surface area contributed by atoms with E-state index in [1.54, 1.807) is 18.3 Å². The molecule has 0 spiro atoms. The van der Waals surface area contributed by atoms with Crippen molar-refractivity contribution in [2.75, 3.05) is 0 Å². The summed E-state index contributed by atoms with van der Waals surface area (Å²) >= 11 is 9.22. The molecule has 0 atom stereocenters. The molecule has 0 aromatic carbocycles. The van der Waals surface area contributed by atoms with Crippen molar-refractivity contribution >= 4 is 27.5 Å². The summed E-state index contributed by atoms with van der Waals surface area (Å²) in [6, 6.07) is 3.43. The number of rotatable bonds is 2. The minimum absolute atomic E-state index is 0.228. The first-order valence-corrected chi connectivity index (χ1v) is 6.20. The second kappa shape index (κ2) is 4.98. The van der Waals surface area contributed by atoms with Crippen LogP contribution in [0.1, 0.15) is 12.6 Å². The molecule has 2 heterocycles. The molecule has 0 saturated heterocycles. The van der Waals surface area contributed by atoms with Gasteiger partial charge in [0.2, 0.25) is 0 Å². The third-order valence-corrected chi connectivity index (χ3v) is 3.37. The molecule has 0 amide bonds. The van der Waals surface area contributed by atoms with Crippen LogP contribution in [-0.2, 0) is 6.42 Å². The first kappa shape index (κ1) is 12.3. The SMILES string of the molecule is CCc1nc(-c2ncccc2Cl)[nH]c(=O)c1Br. The number of aromatic amines is 1. The van der Waals surface area contributed by atoms with Gasteiger partial charge < -0.3 is 4.98 Å². The average Bonchev–Trinajstić information content (AvgIpc) is 2.33. The molecule has 0 aliphatic heterocycles. The standard InChI is InChI=1S/C11H9BrClN3O/c1-2-7-8(12)11(17)16-10(15-7)9-6(13)4-3-5-14-9/h3-5H,2H2,1H3,(H,15,16,17). The average molecular weight is 315 g/mol. The van der Waals surface area contributed by atoms with E-state index in [2.05, 4.69) is 30.9 Å². The maximum Gasteiger partial charge on any atom is 0.265 e. The number of halogens is 2. The Hall–Kier alpha value is -1.20. The number of aromatic nitrogens is 3. The quantitative estimate of drug-likeness (QED) is 0.927. The van der Waals surface area contributed by atoms with E-state index in [1.807, 2.05) is 6.92 Å². The number of pyridine rings is 1. The minimum Gasteiger partial charge on any atom is -0.304 e. The van der Waals surface area contributed by atoms with Gasteiger partial charge in [0.15, 0.2) is 5.82 Å². The zero-order valence-electron chi connectivity index (χ0n) is 9.00. The second-order valence-corrected chi connectivity index (χ2v) is 4.56. The lowest BCUT2D eigenvalue weighted by atomic mass is 10.3. The van der Waals surface area contributed by atoms with Gasteiger partial charge in [-0.15, -0.1) is 0 Å². The molecule has 0 unspecified atom stereocenters. The highest BCUT2D eigenvalue weighted by atomic mass is 79.9. The minimum atomic E-state index is -0.228. The van der Waals surface area contributed by atoms with Gasteiger partial charge in [-0.3, -0.25) is 9.78 Å². The highest BCUT2D eigenvalue weighted by Gasteiger charge is 2.11. The van der Waals surface area contributed by atoms with E-state index >= 15 is 0 Å². The molecular weight excluding hydrogens is 305 g/mol. The van der Waals surface area contributed by atoms with Crippen molar-refractivity contribution in [3.63, 3.8) is 0 Å². The van der Waals surface area contributed by atoms with Crippen molar-refractivity contribution in [3.05, 3.63) is 43.9 Å². The Balaban J connectivity index is 2.66. The lowest BCUT2D eigenvalue weighted by molar-refractivity contribution is 0.964. The van der Waals surface area contributed by atoms with Crippen LogP contribution in [0.15, 0.2) is 27.6 Å². The Bertz CT molecular complexity index is 612. The van der Waals surface area contributed by atoms with Gasteiger partial charge >= 0.3 is 0 Å². The molecule has 0 aliphatic rings. The number of hydrogen-bond donors (Lipinski definition) is 1. The van der Waals surface area contributed by atoms with Gasteiger partial charge in [-0.25, -0.2) is 4.98 Å². The highest BCUT2D eigenvalue weighted by Crippen LogP contribution is 2.22. The summed E-state index contributed by atoms with van der Waals surface area (Å²) in [4.78, 5) is 22.8. The van der Waals surface area contributed by atoms with Crippen molar-refractivity contribution in [1.29, 1.82) is 0 Å². The van der Waals surface area contributed by atoms with E-state index in [4.69, 9.17) is 11.6 Å². The molecule has 17 heavy (non-hydrogen) atoms. The van der Waals surface area contributed by atoms with E-state index < -0.39 is 0 Å². The molecule has 0 saturated carbocycles. The van der Waals surface area contributed by atoms with E-state index in [0.29, 0.717) is 33.1 Å². The Morgan fingerprint density at radius 1 is 1.53 bits per heavy atom. The van der Waals surface area contributed by atoms with Crippen LogP contribution in [0.3, 0.4) is 0 Å². The van der Waals surface area contributed by atoms with E-state index in [9.17, 15) is 4.79 Å². The Labute approximate surface area is 111 Å². The van der Waals surface area contributed by atoms with Crippen LogP contribution < -0.4 is 5.56 Å². The van der Waals surface area contributed by atoms with Gasteiger partial charge in [-0.2, -0.15) is 0 Å². The van der Waals surface area contributed by atoms with Gasteiger partial charge in [0, 0.05) is 6.20 Å². The molecule has 4 nitrogen and oxygen atoms in total. The van der Waals surface area contributed by atoms with Crippen molar-refractivity contribution in [3.8, 4) is 11.5 Å². The number of nitrogens with zero attached hydrogens (tertiary/aromatic N) is 2. The molecule has 0 radical (unpaired) electrons. The lowest BCUT2D eigenvalue weighted by Crippen LogP contribution is -2.13. The molecule has 0 bridgehead atoms. The second-order valence-electron chi connectivity index (χ2n) is 3.36. The van der Waals surface area contributed by atoms with Gasteiger partial charge in [0.05, 0.1) is 10.7 Å². The molecule has 2 aromatic rings. The van der Waals surface area contributed by atoms with Crippen LogP contribution in [0.25, 0.3) is 11.5 Å². The van der Waals surface area contributed by atoms with Crippen molar-refractivity contribution in [2.45, 2.75) is 13.3 Å². The molecular formula is C11H9BrClN3O. The number of H-pyrrole nitrogens is 1. The summed E-state index contributed by atoms with van der Waals surface area (Å²) in [5.74, 6) is 0.389. The molecule has 2 rings (SSSR count). The van der Waals surface area contributed by atoms with Gasteiger partial charge in [-0.05, 0) is 34.5 Å². The third kappa shape index (κ3) is 2.40. The zero-order valence-corrected chi connectivity index (χ0v) is 11.3. The predicted molar refractivity (Wildman–Crippen MR) is 70.2 cm³/mol. The molecule has 6 heteroatoms. The monoisotopic (exact) mass is 313 g/mol. The topological polar surface area (TPSA) is 58.6 Å². The smallest absolute Gasteiger partial charge is 0.265 e. The molecule has 0 fully saturated rings. The summed E-state index contributed by atoms with van der Waals surface area (Å²) in [7, 11) is 0. The lowest BCUT2D eigenvalue weighted by Gasteiger charge is -2.05. The van der Waals surface area contributed by atoms with Crippen LogP contribution in [0.4, 0.5) is 0 Å². The van der Waals surface area contributed by atoms with Crippen molar-refractivity contribution in [1.82, 2.24) is 15.0 Å². The Morgan fingerprint density at radius 3 is 2.94 bits per heavy atom. The molecule has 0 aliphatic carbocycles. The first-order chi connectivity index (χ1) is 8.13.